The van der Waals surface area contributed by atoms with Gasteiger partial charge in [-0.1, -0.05) is 0 Å². The lowest BCUT2D eigenvalue weighted by molar-refractivity contribution is 0.1000. The zero-order valence-corrected chi connectivity index (χ0v) is 4.14. The smallest absolute Gasteiger partial charge is 0.250 e. The van der Waals surface area contributed by atoms with Crippen molar-refractivity contribution in [3.63, 3.8) is 0 Å². The van der Waals surface area contributed by atoms with E-state index in [2.05, 4.69) is 11.2 Å². The summed E-state index contributed by atoms with van der Waals surface area (Å²) in [6.07, 6.45) is 4.13. The number of amides is 1. The van der Waals surface area contributed by atoms with Crippen molar-refractivity contribution in [3.8, 4) is 0 Å². The monoisotopic (exact) mass is 109 g/mol. The number of nitrogens with one attached hydrogen (secondary N) is 1. The van der Waals surface area contributed by atoms with E-state index in [4.69, 9.17) is 5.73 Å². The van der Waals surface area contributed by atoms with E-state index < -0.39 is 5.91 Å². The van der Waals surface area contributed by atoms with Crippen molar-refractivity contribution in [2.75, 3.05) is 0 Å². The fourth-order valence-electron chi connectivity index (χ4n) is 0.430. The first-order valence-corrected chi connectivity index (χ1v) is 2.15. The van der Waals surface area contributed by atoms with Crippen molar-refractivity contribution < 1.29 is 4.79 Å². The predicted molar refractivity (Wildman–Crippen MR) is 28.1 cm³/mol. The number of H-pyrrole nitrogens is 1. The van der Waals surface area contributed by atoms with E-state index in [0.29, 0.717) is 5.56 Å². The second-order valence-electron chi connectivity index (χ2n) is 1.38. The molecule has 1 aromatic heterocycles. The molecule has 0 unspecified atom stereocenters. The fourth-order valence-corrected chi connectivity index (χ4v) is 0.430. The normalized spacial score (nSPS) is 9.00. The number of carbonyl (C=O) groups is 1. The largest absolute Gasteiger partial charge is 0.366 e. The molecule has 0 saturated heterocycles. The van der Waals surface area contributed by atoms with Gasteiger partial charge in [0.05, 0.1) is 11.8 Å². The minimum absolute atomic E-state index is 0.394. The van der Waals surface area contributed by atoms with E-state index in [9.17, 15) is 4.79 Å². The summed E-state index contributed by atoms with van der Waals surface area (Å²) in [7, 11) is 0. The molecule has 3 nitrogen and oxygen atoms in total. The van der Waals surface area contributed by atoms with Gasteiger partial charge < -0.3 is 10.7 Å². The van der Waals surface area contributed by atoms with Crippen LogP contribution in [-0.2, 0) is 0 Å². The maximum Gasteiger partial charge on any atom is 0.250 e. The summed E-state index contributed by atoms with van der Waals surface area (Å²) >= 11 is 0. The number of rotatable bonds is 1. The van der Waals surface area contributed by atoms with Crippen LogP contribution in [-0.4, -0.2) is 10.9 Å². The van der Waals surface area contributed by atoms with Gasteiger partial charge in [0.25, 0.3) is 5.91 Å². The number of nitrogens with two attached hydrogens (primary N) is 1. The summed E-state index contributed by atoms with van der Waals surface area (Å²) in [5, 5.41) is 0. The molecule has 0 aromatic carbocycles. The third kappa shape index (κ3) is 0.703. The summed E-state index contributed by atoms with van der Waals surface area (Å²) in [6, 6.07) is 1.57. The molecule has 8 heavy (non-hydrogen) atoms. The number of hydrogen-bond donors (Lipinski definition) is 2. The molecule has 0 aliphatic heterocycles. The molecular weight excluding hydrogens is 104 g/mol. The van der Waals surface area contributed by atoms with Crippen LogP contribution in [0.15, 0.2) is 12.3 Å². The lowest BCUT2D eigenvalue weighted by Gasteiger charge is -1.79. The first kappa shape index (κ1) is 4.90. The molecular formula is C5H5N2O. The van der Waals surface area contributed by atoms with Crippen molar-refractivity contribution in [2.45, 2.75) is 0 Å². The molecule has 3 N–H and O–H groups in total. The number of hydrogen-bond acceptors (Lipinski definition) is 1. The second-order valence-corrected chi connectivity index (χ2v) is 1.38. The topological polar surface area (TPSA) is 58.9 Å². The summed E-state index contributed by atoms with van der Waals surface area (Å²) in [6.45, 7) is 0. The predicted octanol–water partition coefficient (Wildman–Crippen LogP) is -0.0862. The van der Waals surface area contributed by atoms with Crippen LogP contribution in [0.1, 0.15) is 10.4 Å². The lowest BCUT2D eigenvalue weighted by Crippen LogP contribution is -2.09. The zero-order valence-electron chi connectivity index (χ0n) is 4.14. The van der Waals surface area contributed by atoms with Gasteiger partial charge in [0, 0.05) is 6.20 Å². The molecule has 1 aromatic rings. The van der Waals surface area contributed by atoms with Gasteiger partial charge in [-0.3, -0.25) is 4.79 Å². The third-order valence-electron chi connectivity index (χ3n) is 0.806. The van der Waals surface area contributed by atoms with Crippen molar-refractivity contribution in [2.24, 2.45) is 5.73 Å². The first-order valence-electron chi connectivity index (χ1n) is 2.15. The van der Waals surface area contributed by atoms with Crippen LogP contribution in [0, 0.1) is 6.20 Å². The minimum atomic E-state index is -0.453. The Hall–Kier alpha value is -1.25. The molecule has 0 atom stereocenters. The highest BCUT2D eigenvalue weighted by atomic mass is 16.1. The molecule has 1 rings (SSSR count). The van der Waals surface area contributed by atoms with Crippen LogP contribution in [0.2, 0.25) is 0 Å². The van der Waals surface area contributed by atoms with Crippen molar-refractivity contribution in [1.82, 2.24) is 4.98 Å². The molecule has 41 valence electrons. The molecule has 1 radical (unpaired) electrons. The third-order valence-corrected chi connectivity index (χ3v) is 0.806. The van der Waals surface area contributed by atoms with E-state index in [1.807, 2.05) is 0 Å². The average Bonchev–Trinajstić information content (AvgIpc) is 2.12. The van der Waals surface area contributed by atoms with E-state index in [1.54, 1.807) is 12.3 Å². The van der Waals surface area contributed by atoms with Gasteiger partial charge in [0.1, 0.15) is 0 Å². The molecule has 1 amide bonds. The molecule has 0 bridgehead atoms. The number of primary amides is 1. The van der Waals surface area contributed by atoms with Gasteiger partial charge in [-0.05, 0) is 6.07 Å². The Morgan fingerprint density at radius 2 is 2.62 bits per heavy atom. The maximum atomic E-state index is 10.2. The van der Waals surface area contributed by atoms with Crippen LogP contribution in [0.5, 0.6) is 0 Å². The highest BCUT2D eigenvalue weighted by Crippen LogP contribution is 1.90. The Kier molecular flexibility index (Phi) is 1.04. The van der Waals surface area contributed by atoms with Gasteiger partial charge in [-0.2, -0.15) is 0 Å². The fraction of sp³-hybridized carbons (Fsp3) is 0. The van der Waals surface area contributed by atoms with Crippen LogP contribution in [0.4, 0.5) is 0 Å². The average molecular weight is 109 g/mol. The van der Waals surface area contributed by atoms with Crippen molar-refractivity contribution >= 4 is 5.91 Å². The molecule has 0 aliphatic carbocycles. The van der Waals surface area contributed by atoms with Crippen molar-refractivity contribution in [1.29, 1.82) is 0 Å². The molecule has 3 heteroatoms. The standard InChI is InChI=1S/C5H5N2O/c6-5(8)4-1-2-7-3-4/h1-2,7H,(H2,6,8). The van der Waals surface area contributed by atoms with Gasteiger partial charge in [-0.15, -0.1) is 0 Å². The summed E-state index contributed by atoms with van der Waals surface area (Å²) < 4.78 is 0. The quantitative estimate of drug-likeness (QED) is 0.520. The minimum Gasteiger partial charge on any atom is -0.366 e. The highest BCUT2D eigenvalue weighted by Gasteiger charge is 1.96. The molecule has 0 aliphatic rings. The van der Waals surface area contributed by atoms with Crippen LogP contribution in [0.3, 0.4) is 0 Å². The highest BCUT2D eigenvalue weighted by molar-refractivity contribution is 5.92. The summed E-state index contributed by atoms with van der Waals surface area (Å²) in [4.78, 5) is 12.8. The molecule has 1 heterocycles. The number of aromatic nitrogens is 1. The van der Waals surface area contributed by atoms with Gasteiger partial charge >= 0.3 is 0 Å². The van der Waals surface area contributed by atoms with Crippen LogP contribution >= 0.6 is 0 Å². The first-order chi connectivity index (χ1) is 3.80. The van der Waals surface area contributed by atoms with Crippen molar-refractivity contribution in [3.05, 3.63) is 24.0 Å². The summed E-state index contributed by atoms with van der Waals surface area (Å²) in [5.41, 5.74) is 5.26. The van der Waals surface area contributed by atoms with Gasteiger partial charge in [-0.25, -0.2) is 0 Å². The van der Waals surface area contributed by atoms with E-state index in [0.717, 1.165) is 0 Å². The Morgan fingerprint density at radius 3 is 2.88 bits per heavy atom. The Balaban J connectivity index is 2.93. The van der Waals surface area contributed by atoms with Gasteiger partial charge in [0.15, 0.2) is 0 Å². The number of carbonyl (C=O) groups excluding carboxylic acids is 1. The molecule has 0 spiro atoms. The Bertz CT molecular complexity index is 178. The lowest BCUT2D eigenvalue weighted by atomic mass is 10.3. The Morgan fingerprint density at radius 1 is 1.88 bits per heavy atom. The second kappa shape index (κ2) is 1.69. The Labute approximate surface area is 46.5 Å². The van der Waals surface area contributed by atoms with Crippen LogP contribution in [0.25, 0.3) is 0 Å². The van der Waals surface area contributed by atoms with E-state index in [-0.39, 0.29) is 0 Å². The molecule has 0 fully saturated rings. The van der Waals surface area contributed by atoms with Gasteiger partial charge in [0.2, 0.25) is 0 Å². The number of aromatic amines is 1. The van der Waals surface area contributed by atoms with Crippen LogP contribution < -0.4 is 5.73 Å². The zero-order chi connectivity index (χ0) is 5.98. The van der Waals surface area contributed by atoms with E-state index in [1.165, 1.54) is 0 Å². The molecule has 0 saturated carbocycles. The maximum absolute atomic E-state index is 10.2. The van der Waals surface area contributed by atoms with E-state index >= 15 is 0 Å². The summed E-state index contributed by atoms with van der Waals surface area (Å²) in [5.74, 6) is -0.453. The SMILES string of the molecule is NC(=O)c1[c][nH]cc1.